The predicted octanol–water partition coefficient (Wildman–Crippen LogP) is 0.458. The van der Waals surface area contributed by atoms with E-state index in [1.807, 2.05) is 0 Å². The molecule has 2 heteroatoms. The number of nitrogens with two attached hydrogens (primary N) is 1. The monoisotopic (exact) mass is 138 g/mol. The van der Waals surface area contributed by atoms with Gasteiger partial charge >= 0.3 is 0 Å². The molecule has 1 atom stereocenters. The molecule has 1 heterocycles. The second-order valence-corrected chi connectivity index (χ2v) is 3.62. The van der Waals surface area contributed by atoms with Crippen LogP contribution in [0.1, 0.15) is 12.8 Å². The largest absolute Gasteiger partial charge is 0.402 e. The van der Waals surface area contributed by atoms with Gasteiger partial charge in [0.2, 0.25) is 0 Å². The summed E-state index contributed by atoms with van der Waals surface area (Å²) in [6.07, 6.45) is 2.70. The van der Waals surface area contributed by atoms with Crippen molar-refractivity contribution in [3.63, 3.8) is 0 Å². The molecule has 1 aliphatic heterocycles. The smallest absolute Gasteiger partial charge is 0.0172 e. The van der Waals surface area contributed by atoms with Crippen LogP contribution >= 0.6 is 0 Å². The lowest BCUT2D eigenvalue weighted by Crippen LogP contribution is -2.20. The predicted molar refractivity (Wildman–Crippen MR) is 41.4 cm³/mol. The molecule has 0 aromatic rings. The van der Waals surface area contributed by atoms with Gasteiger partial charge in [-0.15, -0.1) is 0 Å². The Morgan fingerprint density at radius 3 is 2.70 bits per heavy atom. The Labute approximate surface area is 61.5 Å². The maximum atomic E-state index is 5.68. The molecule has 3 N–H and O–H groups in total. The average Bonchev–Trinajstić information content (AvgIpc) is 2.42. The number of hydrogen-bond acceptors (Lipinski definition) is 2. The highest BCUT2D eigenvalue weighted by atomic mass is 15.0. The molecule has 1 unspecified atom stereocenters. The first-order valence-corrected chi connectivity index (χ1v) is 3.90. The van der Waals surface area contributed by atoms with Crippen molar-refractivity contribution in [2.45, 2.75) is 12.8 Å². The van der Waals surface area contributed by atoms with Crippen LogP contribution in [-0.4, -0.2) is 13.1 Å². The van der Waals surface area contributed by atoms with E-state index in [2.05, 4.69) is 11.9 Å². The zero-order valence-electron chi connectivity index (χ0n) is 6.19. The van der Waals surface area contributed by atoms with Crippen molar-refractivity contribution in [1.29, 1.82) is 0 Å². The SMILES string of the molecule is C=C(N)C1CNCC12CC2. The van der Waals surface area contributed by atoms with E-state index < -0.39 is 0 Å². The normalized spacial score (nSPS) is 34.6. The maximum absolute atomic E-state index is 5.68. The van der Waals surface area contributed by atoms with E-state index in [1.54, 1.807) is 0 Å². The lowest BCUT2D eigenvalue weighted by molar-refractivity contribution is 0.451. The lowest BCUT2D eigenvalue weighted by Gasteiger charge is -2.15. The molecule has 56 valence electrons. The maximum Gasteiger partial charge on any atom is 0.0172 e. The van der Waals surface area contributed by atoms with E-state index in [9.17, 15) is 0 Å². The molecule has 2 nitrogen and oxygen atoms in total. The van der Waals surface area contributed by atoms with Gasteiger partial charge in [-0.1, -0.05) is 6.58 Å². The molecule has 0 amide bonds. The fraction of sp³-hybridized carbons (Fsp3) is 0.750. The third kappa shape index (κ3) is 0.686. The summed E-state index contributed by atoms with van der Waals surface area (Å²) in [5, 5.41) is 3.37. The summed E-state index contributed by atoms with van der Waals surface area (Å²) in [6.45, 7) is 6.02. The highest BCUT2D eigenvalue weighted by Gasteiger charge is 2.52. The zero-order chi connectivity index (χ0) is 7.19. The molecule has 0 bridgehead atoms. The van der Waals surface area contributed by atoms with Gasteiger partial charge in [0.1, 0.15) is 0 Å². The molecule has 10 heavy (non-hydrogen) atoms. The molecule has 1 aliphatic carbocycles. The Hall–Kier alpha value is -0.500. The standard InChI is InChI=1S/C8H14N2/c1-6(9)7-4-10-5-8(7)2-3-8/h7,10H,1-5,9H2. The minimum Gasteiger partial charge on any atom is -0.402 e. The van der Waals surface area contributed by atoms with Gasteiger partial charge in [-0.05, 0) is 18.3 Å². The lowest BCUT2D eigenvalue weighted by atomic mass is 9.91. The van der Waals surface area contributed by atoms with Gasteiger partial charge < -0.3 is 11.1 Å². The summed E-state index contributed by atoms with van der Waals surface area (Å²) in [4.78, 5) is 0. The molecular formula is C8H14N2. The Bertz CT molecular complexity index is 170. The fourth-order valence-corrected chi connectivity index (χ4v) is 2.02. The zero-order valence-corrected chi connectivity index (χ0v) is 6.19. The Morgan fingerprint density at radius 1 is 1.60 bits per heavy atom. The Kier molecular flexibility index (Phi) is 1.09. The van der Waals surface area contributed by atoms with Crippen LogP contribution in [-0.2, 0) is 0 Å². The van der Waals surface area contributed by atoms with Gasteiger partial charge in [0.25, 0.3) is 0 Å². The van der Waals surface area contributed by atoms with Crippen LogP contribution in [0.4, 0.5) is 0 Å². The fourth-order valence-electron chi connectivity index (χ4n) is 2.02. The molecule has 1 saturated carbocycles. The van der Waals surface area contributed by atoms with Crippen LogP contribution in [0.25, 0.3) is 0 Å². The second-order valence-electron chi connectivity index (χ2n) is 3.62. The summed E-state index contributed by atoms with van der Waals surface area (Å²) >= 11 is 0. The molecule has 2 fully saturated rings. The molecule has 0 aromatic carbocycles. The van der Waals surface area contributed by atoms with E-state index in [-0.39, 0.29) is 0 Å². The van der Waals surface area contributed by atoms with Gasteiger partial charge in [0.15, 0.2) is 0 Å². The highest BCUT2D eigenvalue weighted by Crippen LogP contribution is 2.55. The molecule has 0 radical (unpaired) electrons. The first-order valence-electron chi connectivity index (χ1n) is 3.90. The van der Waals surface area contributed by atoms with Crippen LogP contribution in [0.2, 0.25) is 0 Å². The van der Waals surface area contributed by atoms with Crippen LogP contribution in [0.15, 0.2) is 12.3 Å². The number of hydrogen-bond donors (Lipinski definition) is 2. The van der Waals surface area contributed by atoms with Gasteiger partial charge in [0.05, 0.1) is 0 Å². The summed E-state index contributed by atoms with van der Waals surface area (Å²) in [7, 11) is 0. The van der Waals surface area contributed by atoms with E-state index in [0.717, 1.165) is 18.8 Å². The first kappa shape index (κ1) is 6.23. The van der Waals surface area contributed by atoms with Crippen molar-refractivity contribution in [3.8, 4) is 0 Å². The highest BCUT2D eigenvalue weighted by molar-refractivity contribution is 5.15. The van der Waals surface area contributed by atoms with E-state index in [4.69, 9.17) is 5.73 Å². The molecular weight excluding hydrogens is 124 g/mol. The van der Waals surface area contributed by atoms with Crippen molar-refractivity contribution in [3.05, 3.63) is 12.3 Å². The van der Waals surface area contributed by atoms with E-state index >= 15 is 0 Å². The molecule has 2 rings (SSSR count). The second kappa shape index (κ2) is 1.76. The topological polar surface area (TPSA) is 38.0 Å². The van der Waals surface area contributed by atoms with Gasteiger partial charge in [0, 0.05) is 24.7 Å². The Morgan fingerprint density at radius 2 is 2.30 bits per heavy atom. The number of rotatable bonds is 1. The van der Waals surface area contributed by atoms with Crippen LogP contribution in [0, 0.1) is 11.3 Å². The van der Waals surface area contributed by atoms with E-state index in [0.29, 0.717) is 11.3 Å². The van der Waals surface area contributed by atoms with Crippen LogP contribution in [0.5, 0.6) is 0 Å². The number of nitrogens with one attached hydrogen (secondary N) is 1. The molecule has 1 spiro atoms. The molecule has 2 aliphatic rings. The minimum atomic E-state index is 0.547. The third-order valence-electron chi connectivity index (χ3n) is 2.90. The molecule has 1 saturated heterocycles. The van der Waals surface area contributed by atoms with E-state index in [1.165, 1.54) is 12.8 Å². The summed E-state index contributed by atoms with van der Waals surface area (Å²) in [6, 6.07) is 0. The van der Waals surface area contributed by atoms with Crippen molar-refractivity contribution >= 4 is 0 Å². The molecule has 0 aromatic heterocycles. The van der Waals surface area contributed by atoms with Crippen molar-refractivity contribution < 1.29 is 0 Å². The third-order valence-corrected chi connectivity index (χ3v) is 2.90. The van der Waals surface area contributed by atoms with Gasteiger partial charge in [-0.3, -0.25) is 0 Å². The summed E-state index contributed by atoms with van der Waals surface area (Å²) in [5.74, 6) is 0.562. The quantitative estimate of drug-likeness (QED) is 0.552. The van der Waals surface area contributed by atoms with Crippen molar-refractivity contribution in [2.24, 2.45) is 17.1 Å². The van der Waals surface area contributed by atoms with Crippen LogP contribution < -0.4 is 11.1 Å². The van der Waals surface area contributed by atoms with Gasteiger partial charge in [-0.25, -0.2) is 0 Å². The van der Waals surface area contributed by atoms with Crippen LogP contribution in [0.3, 0.4) is 0 Å². The summed E-state index contributed by atoms with van der Waals surface area (Å²) in [5.41, 5.74) is 7.10. The minimum absolute atomic E-state index is 0.547. The first-order chi connectivity index (χ1) is 4.75. The Balaban J connectivity index is 2.14. The summed E-state index contributed by atoms with van der Waals surface area (Å²) < 4.78 is 0. The van der Waals surface area contributed by atoms with Crippen molar-refractivity contribution in [2.75, 3.05) is 13.1 Å². The van der Waals surface area contributed by atoms with Gasteiger partial charge in [-0.2, -0.15) is 0 Å². The van der Waals surface area contributed by atoms with Crippen molar-refractivity contribution in [1.82, 2.24) is 5.32 Å². The average molecular weight is 138 g/mol.